The SMILES string of the molecule is C[C@@H]1C[C@H](Nc2ccccc2OCC(F)(F)F)CCN1C. The molecule has 0 aromatic heterocycles. The Bertz CT molecular complexity index is 464. The lowest BCUT2D eigenvalue weighted by atomic mass is 9.98. The van der Waals surface area contributed by atoms with Gasteiger partial charge in [-0.2, -0.15) is 13.2 Å². The number of hydrogen-bond donors (Lipinski definition) is 1. The number of anilines is 1. The molecule has 21 heavy (non-hydrogen) atoms. The first-order valence-corrected chi connectivity index (χ1v) is 7.10. The number of nitrogens with one attached hydrogen (secondary N) is 1. The van der Waals surface area contributed by atoms with Gasteiger partial charge in [-0.15, -0.1) is 0 Å². The number of halogens is 3. The Balaban J connectivity index is 2.00. The molecule has 1 saturated heterocycles. The normalized spacial score (nSPS) is 23.9. The lowest BCUT2D eigenvalue weighted by Gasteiger charge is -2.36. The number of para-hydroxylation sites is 2. The Morgan fingerprint density at radius 3 is 2.71 bits per heavy atom. The molecular formula is C15H21F3N2O. The predicted molar refractivity (Wildman–Crippen MR) is 76.7 cm³/mol. The lowest BCUT2D eigenvalue weighted by molar-refractivity contribution is -0.153. The molecule has 2 atom stereocenters. The van der Waals surface area contributed by atoms with E-state index in [1.807, 2.05) is 0 Å². The molecule has 2 rings (SSSR count). The highest BCUT2D eigenvalue weighted by atomic mass is 19.4. The summed E-state index contributed by atoms with van der Waals surface area (Å²) >= 11 is 0. The van der Waals surface area contributed by atoms with Gasteiger partial charge in [-0.05, 0) is 38.9 Å². The van der Waals surface area contributed by atoms with Gasteiger partial charge in [-0.1, -0.05) is 12.1 Å². The third-order valence-electron chi connectivity index (χ3n) is 3.85. The van der Waals surface area contributed by atoms with E-state index in [2.05, 4.69) is 24.2 Å². The van der Waals surface area contributed by atoms with Crippen molar-refractivity contribution in [1.82, 2.24) is 4.90 Å². The van der Waals surface area contributed by atoms with Gasteiger partial charge in [-0.25, -0.2) is 0 Å². The van der Waals surface area contributed by atoms with Gasteiger partial charge < -0.3 is 15.0 Å². The predicted octanol–water partition coefficient (Wildman–Crippen LogP) is 3.52. The van der Waals surface area contributed by atoms with Gasteiger partial charge in [0.05, 0.1) is 5.69 Å². The minimum atomic E-state index is -4.32. The summed E-state index contributed by atoms with van der Waals surface area (Å²) in [6, 6.07) is 7.50. The summed E-state index contributed by atoms with van der Waals surface area (Å²) in [7, 11) is 2.08. The van der Waals surface area contributed by atoms with Gasteiger partial charge in [0.25, 0.3) is 0 Å². The van der Waals surface area contributed by atoms with Gasteiger partial charge in [0.15, 0.2) is 6.61 Å². The third kappa shape index (κ3) is 4.81. The summed E-state index contributed by atoms with van der Waals surface area (Å²) in [4.78, 5) is 2.28. The second-order valence-electron chi connectivity index (χ2n) is 5.60. The van der Waals surface area contributed by atoms with E-state index in [-0.39, 0.29) is 11.8 Å². The first-order chi connectivity index (χ1) is 9.85. The molecule has 1 aliphatic heterocycles. The van der Waals surface area contributed by atoms with Crippen LogP contribution in [-0.4, -0.2) is 43.4 Å². The van der Waals surface area contributed by atoms with Crippen molar-refractivity contribution in [3.8, 4) is 5.75 Å². The first-order valence-electron chi connectivity index (χ1n) is 7.10. The second-order valence-corrected chi connectivity index (χ2v) is 5.60. The molecule has 1 fully saturated rings. The van der Waals surface area contributed by atoms with Crippen LogP contribution in [0.25, 0.3) is 0 Å². The lowest BCUT2D eigenvalue weighted by Crippen LogP contribution is -2.42. The Labute approximate surface area is 123 Å². The van der Waals surface area contributed by atoms with Crippen molar-refractivity contribution < 1.29 is 17.9 Å². The maximum atomic E-state index is 12.3. The average Bonchev–Trinajstić information content (AvgIpc) is 2.41. The summed E-state index contributed by atoms with van der Waals surface area (Å²) in [6.07, 6.45) is -2.40. The largest absolute Gasteiger partial charge is 0.482 e. The molecule has 0 amide bonds. The van der Waals surface area contributed by atoms with Crippen molar-refractivity contribution in [3.63, 3.8) is 0 Å². The van der Waals surface area contributed by atoms with Crippen LogP contribution in [-0.2, 0) is 0 Å². The molecule has 1 heterocycles. The Kier molecular flexibility index (Phi) is 4.98. The number of likely N-dealkylation sites (tertiary alicyclic amines) is 1. The summed E-state index contributed by atoms with van der Waals surface area (Å²) in [5, 5.41) is 3.32. The maximum Gasteiger partial charge on any atom is 0.422 e. The van der Waals surface area contributed by atoms with Gasteiger partial charge in [0.1, 0.15) is 5.75 Å². The zero-order valence-corrected chi connectivity index (χ0v) is 12.3. The van der Waals surface area contributed by atoms with Crippen LogP contribution in [0.5, 0.6) is 5.75 Å². The van der Waals surface area contributed by atoms with Crippen molar-refractivity contribution in [3.05, 3.63) is 24.3 Å². The van der Waals surface area contributed by atoms with Crippen LogP contribution >= 0.6 is 0 Å². The number of alkyl halides is 3. The molecule has 0 saturated carbocycles. The highest BCUT2D eigenvalue weighted by Gasteiger charge is 2.29. The summed E-state index contributed by atoms with van der Waals surface area (Å²) in [6.45, 7) is 1.86. The van der Waals surface area contributed by atoms with E-state index in [0.717, 1.165) is 19.4 Å². The molecule has 0 unspecified atom stereocenters. The van der Waals surface area contributed by atoms with Gasteiger partial charge in [0, 0.05) is 18.6 Å². The molecule has 6 heteroatoms. The quantitative estimate of drug-likeness (QED) is 0.921. The van der Waals surface area contributed by atoms with Crippen LogP contribution in [0.4, 0.5) is 18.9 Å². The van der Waals surface area contributed by atoms with E-state index in [1.54, 1.807) is 24.3 Å². The molecule has 3 nitrogen and oxygen atoms in total. The van der Waals surface area contributed by atoms with Crippen molar-refractivity contribution in [1.29, 1.82) is 0 Å². The van der Waals surface area contributed by atoms with Crippen molar-refractivity contribution >= 4 is 5.69 Å². The molecule has 1 aromatic carbocycles. The van der Waals surface area contributed by atoms with E-state index < -0.39 is 12.8 Å². The van der Waals surface area contributed by atoms with E-state index in [9.17, 15) is 13.2 Å². The van der Waals surface area contributed by atoms with E-state index in [0.29, 0.717) is 11.7 Å². The number of ether oxygens (including phenoxy) is 1. The zero-order chi connectivity index (χ0) is 15.5. The van der Waals surface area contributed by atoms with E-state index >= 15 is 0 Å². The van der Waals surface area contributed by atoms with Crippen LogP contribution in [0.1, 0.15) is 19.8 Å². The van der Waals surface area contributed by atoms with Crippen LogP contribution in [0.2, 0.25) is 0 Å². The number of nitrogens with zero attached hydrogens (tertiary/aromatic N) is 1. The summed E-state index contributed by atoms with van der Waals surface area (Å²) in [5.74, 6) is 0.251. The number of benzene rings is 1. The van der Waals surface area contributed by atoms with Crippen LogP contribution in [0.15, 0.2) is 24.3 Å². The van der Waals surface area contributed by atoms with Gasteiger partial charge in [-0.3, -0.25) is 0 Å². The average molecular weight is 302 g/mol. The number of hydrogen-bond acceptors (Lipinski definition) is 3. The molecule has 1 N–H and O–H groups in total. The molecule has 0 radical (unpaired) electrons. The molecule has 0 spiro atoms. The Hall–Kier alpha value is -1.43. The summed E-state index contributed by atoms with van der Waals surface area (Å²) in [5.41, 5.74) is 0.628. The third-order valence-corrected chi connectivity index (χ3v) is 3.85. The Morgan fingerprint density at radius 1 is 1.33 bits per heavy atom. The molecule has 0 bridgehead atoms. The van der Waals surface area contributed by atoms with Gasteiger partial charge >= 0.3 is 6.18 Å². The maximum absolute atomic E-state index is 12.3. The number of rotatable bonds is 4. The second kappa shape index (κ2) is 6.56. The zero-order valence-electron chi connectivity index (χ0n) is 12.3. The van der Waals surface area contributed by atoms with Crippen LogP contribution < -0.4 is 10.1 Å². The fourth-order valence-corrected chi connectivity index (χ4v) is 2.51. The van der Waals surface area contributed by atoms with E-state index in [1.165, 1.54) is 0 Å². The molecule has 1 aromatic rings. The van der Waals surface area contributed by atoms with Crippen molar-refractivity contribution in [2.75, 3.05) is 25.5 Å². The topological polar surface area (TPSA) is 24.5 Å². The Morgan fingerprint density at radius 2 is 2.05 bits per heavy atom. The molecule has 0 aliphatic carbocycles. The van der Waals surface area contributed by atoms with Crippen LogP contribution in [0.3, 0.4) is 0 Å². The highest BCUT2D eigenvalue weighted by molar-refractivity contribution is 5.56. The molecule has 118 valence electrons. The molecular weight excluding hydrogens is 281 g/mol. The van der Waals surface area contributed by atoms with Crippen molar-refractivity contribution in [2.24, 2.45) is 0 Å². The van der Waals surface area contributed by atoms with Gasteiger partial charge in [0.2, 0.25) is 0 Å². The molecule has 1 aliphatic rings. The van der Waals surface area contributed by atoms with E-state index in [4.69, 9.17) is 4.74 Å². The first kappa shape index (κ1) is 15.9. The number of piperidine rings is 1. The highest BCUT2D eigenvalue weighted by Crippen LogP contribution is 2.29. The minimum absolute atomic E-state index is 0.251. The fraction of sp³-hybridized carbons (Fsp3) is 0.600. The monoisotopic (exact) mass is 302 g/mol. The van der Waals surface area contributed by atoms with Crippen LogP contribution in [0, 0.1) is 0 Å². The van der Waals surface area contributed by atoms with Crippen molar-refractivity contribution in [2.45, 2.75) is 38.0 Å². The summed E-state index contributed by atoms with van der Waals surface area (Å²) < 4.78 is 41.7. The standard InChI is InChI=1S/C15H21F3N2O/c1-11-9-12(7-8-20(11)2)19-13-5-3-4-6-14(13)21-10-15(16,17)18/h3-6,11-12,19H,7-10H2,1-2H3/t11-,12-/m1/s1. The minimum Gasteiger partial charge on any atom is -0.482 e. The smallest absolute Gasteiger partial charge is 0.422 e. The fourth-order valence-electron chi connectivity index (χ4n) is 2.51.